The van der Waals surface area contributed by atoms with Crippen molar-refractivity contribution in [1.82, 2.24) is 29.8 Å². The van der Waals surface area contributed by atoms with Gasteiger partial charge in [0, 0.05) is 44.2 Å². The quantitative estimate of drug-likeness (QED) is 0.100. The van der Waals surface area contributed by atoms with Gasteiger partial charge in [0.05, 0.1) is 39.2 Å². The average Bonchev–Trinajstić information content (AvgIpc) is 3.96. The van der Waals surface area contributed by atoms with Gasteiger partial charge in [0.15, 0.2) is 0 Å². The van der Waals surface area contributed by atoms with Gasteiger partial charge in [-0.1, -0.05) is 18.2 Å². The number of amides is 6. The second-order valence-electron chi connectivity index (χ2n) is 17.5. The summed E-state index contributed by atoms with van der Waals surface area (Å²) in [7, 11) is -3.61. The van der Waals surface area contributed by atoms with Gasteiger partial charge in [0.1, 0.15) is 17.6 Å². The summed E-state index contributed by atoms with van der Waals surface area (Å²) in [6.07, 6.45) is 8.77. The first-order chi connectivity index (χ1) is 30.6. The van der Waals surface area contributed by atoms with Crippen molar-refractivity contribution in [3.63, 3.8) is 0 Å². The van der Waals surface area contributed by atoms with Crippen LogP contribution < -0.4 is 31.7 Å². The summed E-state index contributed by atoms with van der Waals surface area (Å²) in [6, 6.07) is 9.05. The fourth-order valence-electron chi connectivity index (χ4n) is 9.82. The van der Waals surface area contributed by atoms with Crippen LogP contribution in [0.5, 0.6) is 5.75 Å². The molecule has 3 aromatic rings. The number of carbonyl (C=O) groups excluding carboxylic acids is 6. The molecule has 3 atom stereocenters. The Bertz CT molecular complexity index is 2490. The average molecular weight is 963 g/mol. The fourth-order valence-corrected chi connectivity index (χ4v) is 11.5. The topological polar surface area (TPSA) is 252 Å². The lowest BCUT2D eigenvalue weighted by molar-refractivity contribution is -0.136. The van der Waals surface area contributed by atoms with Gasteiger partial charge >= 0.3 is 0 Å². The number of hydrogen-bond donors (Lipinski definition) is 5. The van der Waals surface area contributed by atoms with E-state index in [9.17, 15) is 37.2 Å². The summed E-state index contributed by atoms with van der Waals surface area (Å²) in [5.74, 6) is -1.81. The number of carbonyl (C=O) groups is 6. The summed E-state index contributed by atoms with van der Waals surface area (Å²) in [5, 5.41) is 11.6. The Kier molecular flexibility index (Phi) is 13.1. The van der Waals surface area contributed by atoms with E-state index >= 15 is 0 Å². The SMILES string of the molecule is Cc1cccc(Nc2nc(NC3CCN(S(=O)(=O)CCNC(=O)C4CCC(CCCOc5cccc6c5C(=O)N(C5CCC(=O)NC5=O)C6=O)CC45CC5)CC3)ncc2Br)c1C(N)=O. The second kappa shape index (κ2) is 18.6. The van der Waals surface area contributed by atoms with Crippen molar-refractivity contribution in [3.05, 3.63) is 69.3 Å². The molecule has 2 aromatic carbocycles. The van der Waals surface area contributed by atoms with E-state index in [0.717, 1.165) is 49.0 Å². The maximum atomic E-state index is 13.5. The molecule has 1 spiro atoms. The van der Waals surface area contributed by atoms with Crippen LogP contribution in [0.4, 0.5) is 17.5 Å². The molecule has 18 nitrogen and oxygen atoms in total. The number of benzene rings is 2. The third kappa shape index (κ3) is 9.49. The van der Waals surface area contributed by atoms with Gasteiger partial charge in [0.25, 0.3) is 17.7 Å². The number of ether oxygens (including phenoxy) is 1. The van der Waals surface area contributed by atoms with Gasteiger partial charge in [-0.3, -0.25) is 39.0 Å². The number of imide groups is 2. The molecule has 6 N–H and O–H groups in total. The molecule has 5 aliphatic rings. The summed E-state index contributed by atoms with van der Waals surface area (Å²) in [4.78, 5) is 86.2. The monoisotopic (exact) mass is 961 g/mol. The highest BCUT2D eigenvalue weighted by Gasteiger charge is 2.55. The third-order valence-corrected chi connectivity index (χ3v) is 15.8. The van der Waals surface area contributed by atoms with Crippen LogP contribution in [0.25, 0.3) is 0 Å². The number of nitrogens with one attached hydrogen (secondary N) is 4. The van der Waals surface area contributed by atoms with Crippen molar-refractivity contribution in [3.8, 4) is 5.75 Å². The number of primary amides is 1. The molecule has 340 valence electrons. The Morgan fingerprint density at radius 2 is 1.78 bits per heavy atom. The van der Waals surface area contributed by atoms with E-state index in [4.69, 9.17) is 10.5 Å². The van der Waals surface area contributed by atoms with Crippen LogP contribution in [0.2, 0.25) is 0 Å². The Hall–Kier alpha value is -5.47. The lowest BCUT2D eigenvalue weighted by Crippen LogP contribution is -2.54. The molecule has 4 heterocycles. The van der Waals surface area contributed by atoms with Crippen LogP contribution in [0.15, 0.2) is 47.1 Å². The predicted octanol–water partition coefficient (Wildman–Crippen LogP) is 4.17. The summed E-state index contributed by atoms with van der Waals surface area (Å²) in [5.41, 5.74) is 7.46. The van der Waals surface area contributed by atoms with Gasteiger partial charge in [-0.15, -0.1) is 0 Å². The maximum Gasteiger partial charge on any atom is 0.266 e. The van der Waals surface area contributed by atoms with E-state index in [1.807, 2.05) is 6.07 Å². The summed E-state index contributed by atoms with van der Waals surface area (Å²) >= 11 is 3.46. The number of sulfonamides is 1. The number of anilines is 3. The first kappa shape index (κ1) is 45.1. The molecule has 0 bridgehead atoms. The van der Waals surface area contributed by atoms with Crippen molar-refractivity contribution in [2.45, 2.75) is 89.6 Å². The molecule has 3 aliphatic heterocycles. The first-order valence-corrected chi connectivity index (χ1v) is 24.2. The molecule has 1 aromatic heterocycles. The van der Waals surface area contributed by atoms with Gasteiger partial charge in [-0.2, -0.15) is 4.98 Å². The zero-order valence-corrected chi connectivity index (χ0v) is 37.9. The highest BCUT2D eigenvalue weighted by atomic mass is 79.9. The zero-order chi connectivity index (χ0) is 45.3. The van der Waals surface area contributed by atoms with Crippen molar-refractivity contribution >= 4 is 78.8 Å². The number of aromatic nitrogens is 2. The van der Waals surface area contributed by atoms with E-state index < -0.39 is 45.6 Å². The van der Waals surface area contributed by atoms with Crippen molar-refractivity contribution in [2.75, 3.05) is 42.6 Å². The third-order valence-electron chi connectivity index (χ3n) is 13.3. The van der Waals surface area contributed by atoms with Gasteiger partial charge < -0.3 is 26.4 Å². The molecule has 64 heavy (non-hydrogen) atoms. The first-order valence-electron chi connectivity index (χ1n) is 21.8. The Balaban J connectivity index is 0.756. The Labute approximate surface area is 379 Å². The van der Waals surface area contributed by atoms with Gasteiger partial charge in [-0.05, 0) is 122 Å². The van der Waals surface area contributed by atoms with E-state index in [1.165, 1.54) is 10.4 Å². The minimum Gasteiger partial charge on any atom is -0.493 e. The number of nitrogens with two attached hydrogens (primary N) is 1. The van der Waals surface area contributed by atoms with Crippen LogP contribution >= 0.6 is 15.9 Å². The lowest BCUT2D eigenvalue weighted by Gasteiger charge is -2.36. The van der Waals surface area contributed by atoms with E-state index in [2.05, 4.69) is 47.2 Å². The number of nitrogens with zero attached hydrogens (tertiary/aromatic N) is 4. The smallest absolute Gasteiger partial charge is 0.266 e. The fraction of sp³-hybridized carbons (Fsp3) is 0.500. The summed E-state index contributed by atoms with van der Waals surface area (Å²) in [6.45, 7) is 2.79. The minimum atomic E-state index is -3.61. The van der Waals surface area contributed by atoms with Crippen LogP contribution in [0, 0.1) is 24.2 Å². The molecule has 3 unspecified atom stereocenters. The Morgan fingerprint density at radius 1 is 1.02 bits per heavy atom. The standard InChI is InChI=1S/C44H52BrN9O9S/c1-25-5-2-8-31(35(25)37(46)56)50-38-30(45)24-48-43(52-38)49-27-14-19-53(20-15-27)64(61,62)22-18-47-39(57)29-11-10-26(23-44(29)16-17-44)6-4-21-63-33-9-3-7-28-36(33)42(60)54(41(28)59)32-12-13-34(55)51-40(32)58/h2-3,5,7-9,24,26-27,29,32H,4,6,10-23H2,1H3,(H2,46,56)(H,47,57)(H,51,55,58)(H2,48,49,50,52). The van der Waals surface area contributed by atoms with E-state index in [0.29, 0.717) is 72.4 Å². The number of halogens is 1. The lowest BCUT2D eigenvalue weighted by atomic mass is 9.70. The number of piperidine rings is 2. The van der Waals surface area contributed by atoms with Gasteiger partial charge in [0.2, 0.25) is 33.7 Å². The zero-order valence-electron chi connectivity index (χ0n) is 35.5. The molecule has 20 heteroatoms. The second-order valence-corrected chi connectivity index (χ2v) is 20.4. The number of rotatable bonds is 16. The maximum absolute atomic E-state index is 13.5. The molecule has 0 radical (unpaired) electrons. The highest BCUT2D eigenvalue weighted by Crippen LogP contribution is 2.61. The molecule has 6 amide bonds. The van der Waals surface area contributed by atoms with Crippen molar-refractivity contribution < 1.29 is 41.9 Å². The molecule has 2 saturated carbocycles. The minimum absolute atomic E-state index is 0.0379. The van der Waals surface area contributed by atoms with Crippen molar-refractivity contribution in [1.29, 1.82) is 0 Å². The van der Waals surface area contributed by atoms with E-state index in [-0.39, 0.29) is 65.3 Å². The normalized spacial score (nSPS) is 22.2. The van der Waals surface area contributed by atoms with Crippen molar-refractivity contribution in [2.24, 2.45) is 23.0 Å². The molecule has 2 saturated heterocycles. The van der Waals surface area contributed by atoms with Crippen LogP contribution in [-0.4, -0.2) is 107 Å². The number of hydrogen-bond acceptors (Lipinski definition) is 13. The highest BCUT2D eigenvalue weighted by molar-refractivity contribution is 9.10. The van der Waals surface area contributed by atoms with Gasteiger partial charge in [-0.25, -0.2) is 17.7 Å². The van der Waals surface area contributed by atoms with Crippen LogP contribution in [0.3, 0.4) is 0 Å². The number of fused-ring (bicyclic) bond motifs is 1. The Morgan fingerprint density at radius 3 is 2.52 bits per heavy atom. The molecule has 8 rings (SSSR count). The van der Waals surface area contributed by atoms with Crippen LogP contribution in [0.1, 0.15) is 107 Å². The molecular weight excluding hydrogens is 911 g/mol. The largest absolute Gasteiger partial charge is 0.493 e. The molecule has 4 fully saturated rings. The summed E-state index contributed by atoms with van der Waals surface area (Å²) < 4.78 is 34.8. The van der Waals surface area contributed by atoms with Crippen LogP contribution in [-0.2, 0) is 24.4 Å². The number of aryl methyl sites for hydroxylation is 1. The van der Waals surface area contributed by atoms with E-state index in [1.54, 1.807) is 37.4 Å². The molecule has 2 aliphatic carbocycles. The molecular formula is C44H52BrN9O9S. The predicted molar refractivity (Wildman–Crippen MR) is 238 cm³/mol.